The lowest BCUT2D eigenvalue weighted by molar-refractivity contribution is 0.582. The van der Waals surface area contributed by atoms with Gasteiger partial charge < -0.3 is 10.7 Å². The highest BCUT2D eigenvalue weighted by Crippen LogP contribution is 2.08. The summed E-state index contributed by atoms with van der Waals surface area (Å²) in [4.78, 5) is 2.97. The fourth-order valence-corrected chi connectivity index (χ4v) is 2.58. The number of sulfonamides is 1. The van der Waals surface area contributed by atoms with Crippen LogP contribution >= 0.6 is 0 Å². The minimum absolute atomic E-state index is 0.250. The first-order chi connectivity index (χ1) is 8.58. The van der Waals surface area contributed by atoms with Crippen LogP contribution in [-0.4, -0.2) is 19.9 Å². The number of anilines is 1. The highest BCUT2D eigenvalue weighted by atomic mass is 32.2. The molecule has 0 atom stereocenters. The van der Waals surface area contributed by atoms with Crippen LogP contribution in [0.1, 0.15) is 5.56 Å². The Balaban J connectivity index is 1.91. The van der Waals surface area contributed by atoms with Crippen LogP contribution in [-0.2, 0) is 16.4 Å². The molecule has 0 spiro atoms. The number of aromatic amines is 1. The maximum Gasteiger partial charge on any atom is 0.242 e. The molecule has 0 radical (unpaired) electrons. The summed E-state index contributed by atoms with van der Waals surface area (Å²) in [5.74, 6) is 0. The predicted octanol–water partition coefficient (Wildman–Crippen LogP) is 1.12. The number of hydrogen-bond acceptors (Lipinski definition) is 3. The fraction of sp³-hybridized carbons (Fsp3) is 0.167. The molecule has 96 valence electrons. The lowest BCUT2D eigenvalue weighted by atomic mass is 10.1. The second kappa shape index (κ2) is 5.24. The van der Waals surface area contributed by atoms with E-state index in [1.54, 1.807) is 18.3 Å². The predicted molar refractivity (Wildman–Crippen MR) is 70.5 cm³/mol. The summed E-state index contributed by atoms with van der Waals surface area (Å²) in [6.45, 7) is 0.359. The van der Waals surface area contributed by atoms with Crippen molar-refractivity contribution in [3.8, 4) is 0 Å². The van der Waals surface area contributed by atoms with E-state index in [0.717, 1.165) is 5.56 Å². The second-order valence-electron chi connectivity index (χ2n) is 3.94. The topological polar surface area (TPSA) is 88.0 Å². The summed E-state index contributed by atoms with van der Waals surface area (Å²) < 4.78 is 26.1. The Morgan fingerprint density at radius 1 is 1.17 bits per heavy atom. The van der Waals surface area contributed by atoms with Crippen LogP contribution in [0.5, 0.6) is 0 Å². The molecular formula is C12H15N3O2S. The van der Waals surface area contributed by atoms with Gasteiger partial charge in [-0.1, -0.05) is 12.1 Å². The Morgan fingerprint density at radius 3 is 2.50 bits per heavy atom. The molecule has 0 aliphatic carbocycles. The van der Waals surface area contributed by atoms with Crippen molar-refractivity contribution in [2.45, 2.75) is 11.3 Å². The van der Waals surface area contributed by atoms with E-state index in [1.807, 2.05) is 12.1 Å². The molecule has 1 heterocycles. The second-order valence-corrected chi connectivity index (χ2v) is 5.70. The smallest absolute Gasteiger partial charge is 0.242 e. The molecule has 0 fully saturated rings. The van der Waals surface area contributed by atoms with E-state index in [2.05, 4.69) is 9.71 Å². The number of hydrogen-bond donors (Lipinski definition) is 3. The van der Waals surface area contributed by atoms with Crippen molar-refractivity contribution in [1.82, 2.24) is 9.71 Å². The minimum atomic E-state index is -3.40. The molecule has 0 amide bonds. The van der Waals surface area contributed by atoms with Crippen LogP contribution in [0.15, 0.2) is 47.6 Å². The molecule has 0 bridgehead atoms. The Bertz CT molecular complexity index is 589. The quantitative estimate of drug-likeness (QED) is 0.708. The number of benzene rings is 1. The number of H-pyrrole nitrogens is 1. The Labute approximate surface area is 106 Å². The summed E-state index contributed by atoms with van der Waals surface area (Å²) in [6, 6.07) is 8.90. The molecule has 1 aromatic heterocycles. The number of nitrogens with one attached hydrogen (secondary N) is 2. The first-order valence-corrected chi connectivity index (χ1v) is 7.03. The third-order valence-electron chi connectivity index (χ3n) is 2.57. The van der Waals surface area contributed by atoms with Crippen molar-refractivity contribution in [3.05, 3.63) is 48.3 Å². The van der Waals surface area contributed by atoms with E-state index in [1.165, 1.54) is 12.3 Å². The van der Waals surface area contributed by atoms with Gasteiger partial charge >= 0.3 is 0 Å². The average molecular weight is 265 g/mol. The van der Waals surface area contributed by atoms with Gasteiger partial charge in [-0.25, -0.2) is 13.1 Å². The maximum absolute atomic E-state index is 11.8. The van der Waals surface area contributed by atoms with E-state index in [0.29, 0.717) is 18.7 Å². The van der Waals surface area contributed by atoms with Crippen molar-refractivity contribution >= 4 is 15.7 Å². The highest BCUT2D eigenvalue weighted by Gasteiger charge is 2.12. The molecule has 6 heteroatoms. The molecule has 5 nitrogen and oxygen atoms in total. The zero-order valence-electron chi connectivity index (χ0n) is 9.76. The Kier molecular flexibility index (Phi) is 3.69. The van der Waals surface area contributed by atoms with E-state index < -0.39 is 10.0 Å². The highest BCUT2D eigenvalue weighted by molar-refractivity contribution is 7.89. The van der Waals surface area contributed by atoms with Gasteiger partial charge in [0.1, 0.15) is 0 Å². The van der Waals surface area contributed by atoms with Gasteiger partial charge in [0.05, 0.1) is 4.90 Å². The van der Waals surface area contributed by atoms with Gasteiger partial charge in [-0.05, 0) is 30.2 Å². The van der Waals surface area contributed by atoms with Crippen LogP contribution in [0.2, 0.25) is 0 Å². The molecule has 0 unspecified atom stereocenters. The van der Waals surface area contributed by atoms with Crippen LogP contribution in [0.3, 0.4) is 0 Å². The van der Waals surface area contributed by atoms with Crippen molar-refractivity contribution in [3.63, 3.8) is 0 Å². The number of aromatic nitrogens is 1. The van der Waals surface area contributed by atoms with Crippen LogP contribution in [0, 0.1) is 0 Å². The lowest BCUT2D eigenvalue weighted by Crippen LogP contribution is -2.25. The molecular weight excluding hydrogens is 250 g/mol. The summed E-state index contributed by atoms with van der Waals surface area (Å²) in [6.07, 6.45) is 3.66. The van der Waals surface area contributed by atoms with Crippen LogP contribution in [0.25, 0.3) is 0 Å². The Morgan fingerprint density at radius 2 is 1.89 bits per heavy atom. The molecule has 0 saturated heterocycles. The van der Waals surface area contributed by atoms with E-state index in [-0.39, 0.29) is 4.90 Å². The van der Waals surface area contributed by atoms with Gasteiger partial charge in [-0.3, -0.25) is 0 Å². The van der Waals surface area contributed by atoms with Gasteiger partial charge in [0.25, 0.3) is 0 Å². The third-order valence-corrected chi connectivity index (χ3v) is 4.02. The first kappa shape index (κ1) is 12.7. The number of nitrogens with two attached hydrogens (primary N) is 1. The summed E-state index contributed by atoms with van der Waals surface area (Å²) in [7, 11) is -3.40. The maximum atomic E-state index is 11.8. The molecule has 18 heavy (non-hydrogen) atoms. The number of nitrogen functional groups attached to an aromatic ring is 1. The van der Waals surface area contributed by atoms with Crippen molar-refractivity contribution < 1.29 is 8.42 Å². The van der Waals surface area contributed by atoms with Gasteiger partial charge in [0, 0.05) is 24.6 Å². The van der Waals surface area contributed by atoms with Gasteiger partial charge in [0.2, 0.25) is 10.0 Å². The molecule has 0 saturated carbocycles. The molecule has 0 aliphatic rings. The lowest BCUT2D eigenvalue weighted by Gasteiger charge is -2.05. The minimum Gasteiger partial charge on any atom is -0.399 e. The molecule has 1 aromatic carbocycles. The molecule has 2 rings (SSSR count). The van der Waals surface area contributed by atoms with E-state index >= 15 is 0 Å². The SMILES string of the molecule is Nc1ccc(CCNS(=O)(=O)c2cc[nH]c2)cc1. The van der Waals surface area contributed by atoms with E-state index in [4.69, 9.17) is 5.73 Å². The van der Waals surface area contributed by atoms with Gasteiger partial charge in [-0.15, -0.1) is 0 Å². The number of rotatable bonds is 5. The van der Waals surface area contributed by atoms with Crippen molar-refractivity contribution in [2.75, 3.05) is 12.3 Å². The van der Waals surface area contributed by atoms with E-state index in [9.17, 15) is 8.42 Å². The molecule has 2 aromatic rings. The average Bonchev–Trinajstić information content (AvgIpc) is 2.86. The zero-order chi connectivity index (χ0) is 13.0. The largest absolute Gasteiger partial charge is 0.399 e. The van der Waals surface area contributed by atoms with Crippen molar-refractivity contribution in [1.29, 1.82) is 0 Å². The van der Waals surface area contributed by atoms with Gasteiger partial charge in [0.15, 0.2) is 0 Å². The van der Waals surface area contributed by atoms with Crippen LogP contribution < -0.4 is 10.5 Å². The Hall–Kier alpha value is -1.79. The zero-order valence-corrected chi connectivity index (χ0v) is 10.6. The fourth-order valence-electron chi connectivity index (χ4n) is 1.57. The molecule has 0 aliphatic heterocycles. The van der Waals surface area contributed by atoms with Gasteiger partial charge in [-0.2, -0.15) is 0 Å². The molecule has 4 N–H and O–H groups in total. The normalized spacial score (nSPS) is 11.6. The third kappa shape index (κ3) is 3.12. The summed E-state index contributed by atoms with van der Waals surface area (Å²) in [5.41, 5.74) is 7.32. The monoisotopic (exact) mass is 265 g/mol. The van der Waals surface area contributed by atoms with Crippen molar-refractivity contribution in [2.24, 2.45) is 0 Å². The first-order valence-electron chi connectivity index (χ1n) is 5.55. The summed E-state index contributed by atoms with van der Waals surface area (Å²) >= 11 is 0. The summed E-state index contributed by atoms with van der Waals surface area (Å²) in [5, 5.41) is 0. The standard InChI is InChI=1S/C12H15N3O2S/c13-11-3-1-10(2-4-11)5-8-15-18(16,17)12-6-7-14-9-12/h1-4,6-7,9,14-15H,5,8,13H2. The van der Waals surface area contributed by atoms with Crippen LogP contribution in [0.4, 0.5) is 5.69 Å².